The van der Waals surface area contributed by atoms with Gasteiger partial charge in [0.2, 0.25) is 0 Å². The number of aliphatic carboxylic acids is 1. The van der Waals surface area contributed by atoms with Crippen molar-refractivity contribution in [1.82, 2.24) is 9.88 Å². The first-order valence-corrected chi connectivity index (χ1v) is 6.66. The number of ether oxygens (including phenoxy) is 1. The molecule has 1 fully saturated rings. The van der Waals surface area contributed by atoms with Crippen molar-refractivity contribution < 1.29 is 14.6 Å². The molecule has 0 saturated carbocycles. The molecule has 1 aliphatic rings. The number of nitrogens with zero attached hydrogens (tertiary/aromatic N) is 2. The summed E-state index contributed by atoms with van der Waals surface area (Å²) >= 11 is 0. The summed E-state index contributed by atoms with van der Waals surface area (Å²) in [7, 11) is 0. The van der Waals surface area contributed by atoms with Gasteiger partial charge in [-0.3, -0.25) is 14.7 Å². The van der Waals surface area contributed by atoms with Crippen LogP contribution < -0.4 is 0 Å². The number of carbonyl (C=O) groups is 1. The van der Waals surface area contributed by atoms with E-state index in [1.807, 2.05) is 18.3 Å². The molecule has 2 heterocycles. The zero-order chi connectivity index (χ0) is 13.7. The Labute approximate surface area is 113 Å². The molecule has 0 radical (unpaired) electrons. The first-order chi connectivity index (χ1) is 9.22. The van der Waals surface area contributed by atoms with Crippen LogP contribution in [0.1, 0.15) is 12.5 Å². The summed E-state index contributed by atoms with van der Waals surface area (Å²) < 4.78 is 5.33. The monoisotopic (exact) mass is 264 g/mol. The van der Waals surface area contributed by atoms with E-state index in [1.54, 1.807) is 6.20 Å². The summed E-state index contributed by atoms with van der Waals surface area (Å²) in [5, 5.41) is 9.20. The molecule has 1 saturated heterocycles. The van der Waals surface area contributed by atoms with Gasteiger partial charge < -0.3 is 9.84 Å². The fourth-order valence-electron chi connectivity index (χ4n) is 2.52. The Bertz CT molecular complexity index is 410. The highest BCUT2D eigenvalue weighted by Crippen LogP contribution is 2.20. The summed E-state index contributed by atoms with van der Waals surface area (Å²) in [4.78, 5) is 17.5. The van der Waals surface area contributed by atoms with Gasteiger partial charge in [0.05, 0.1) is 19.1 Å². The first-order valence-electron chi connectivity index (χ1n) is 6.66. The summed E-state index contributed by atoms with van der Waals surface area (Å²) in [6.45, 7) is 4.56. The van der Waals surface area contributed by atoms with Crippen molar-refractivity contribution in [2.75, 3.05) is 26.3 Å². The third-order valence-electron chi connectivity index (χ3n) is 3.65. The molecule has 2 atom stereocenters. The maximum Gasteiger partial charge on any atom is 0.310 e. The molecule has 0 spiro atoms. The number of hydrogen-bond acceptors (Lipinski definition) is 4. The van der Waals surface area contributed by atoms with Crippen molar-refractivity contribution in [3.8, 4) is 0 Å². The Morgan fingerprint density at radius 2 is 2.42 bits per heavy atom. The van der Waals surface area contributed by atoms with E-state index in [-0.39, 0.29) is 6.04 Å². The standard InChI is InChI=1S/C14H20N2O3/c1-2-16(7-5-11-4-3-6-15-8-11)13-10-19-9-12(13)14(17)18/h3-4,6,8,12-13H,2,5,7,9-10H2,1H3,(H,17,18). The Hall–Kier alpha value is -1.46. The Morgan fingerprint density at radius 1 is 1.58 bits per heavy atom. The smallest absolute Gasteiger partial charge is 0.310 e. The van der Waals surface area contributed by atoms with E-state index < -0.39 is 11.9 Å². The maximum atomic E-state index is 11.2. The molecule has 0 amide bonds. The van der Waals surface area contributed by atoms with Crippen LogP contribution in [0, 0.1) is 5.92 Å². The number of hydrogen-bond donors (Lipinski definition) is 1. The largest absolute Gasteiger partial charge is 0.481 e. The van der Waals surface area contributed by atoms with Crippen LogP contribution in [0.2, 0.25) is 0 Å². The minimum atomic E-state index is -0.762. The third-order valence-corrected chi connectivity index (χ3v) is 3.65. The van der Waals surface area contributed by atoms with Gasteiger partial charge in [0.15, 0.2) is 0 Å². The van der Waals surface area contributed by atoms with E-state index in [4.69, 9.17) is 4.74 Å². The molecule has 1 N–H and O–H groups in total. The van der Waals surface area contributed by atoms with Gasteiger partial charge in [0, 0.05) is 25.0 Å². The van der Waals surface area contributed by atoms with E-state index in [2.05, 4.69) is 16.8 Å². The minimum absolute atomic E-state index is 0.0147. The second-order valence-electron chi connectivity index (χ2n) is 4.79. The molecular weight excluding hydrogens is 244 g/mol. The van der Waals surface area contributed by atoms with Crippen molar-refractivity contribution in [3.63, 3.8) is 0 Å². The Morgan fingerprint density at radius 3 is 3.05 bits per heavy atom. The van der Waals surface area contributed by atoms with Crippen LogP contribution in [0.4, 0.5) is 0 Å². The van der Waals surface area contributed by atoms with Crippen molar-refractivity contribution in [2.45, 2.75) is 19.4 Å². The second-order valence-corrected chi connectivity index (χ2v) is 4.79. The molecule has 19 heavy (non-hydrogen) atoms. The number of likely N-dealkylation sites (N-methyl/N-ethyl adjacent to an activating group) is 1. The number of rotatable bonds is 6. The number of carboxylic acids is 1. The van der Waals surface area contributed by atoms with E-state index >= 15 is 0 Å². The van der Waals surface area contributed by atoms with Crippen LogP contribution in [0.3, 0.4) is 0 Å². The van der Waals surface area contributed by atoms with E-state index in [9.17, 15) is 9.90 Å². The average Bonchev–Trinajstić information content (AvgIpc) is 2.90. The van der Waals surface area contributed by atoms with Gasteiger partial charge in [-0.15, -0.1) is 0 Å². The fraction of sp³-hybridized carbons (Fsp3) is 0.571. The minimum Gasteiger partial charge on any atom is -0.481 e. The van der Waals surface area contributed by atoms with Crippen LogP contribution in [-0.2, 0) is 16.0 Å². The fourth-order valence-corrected chi connectivity index (χ4v) is 2.52. The lowest BCUT2D eigenvalue weighted by molar-refractivity contribution is -0.143. The molecule has 1 aliphatic heterocycles. The summed E-state index contributed by atoms with van der Waals surface area (Å²) in [6, 6.07) is 3.95. The second kappa shape index (κ2) is 6.63. The average molecular weight is 264 g/mol. The predicted molar refractivity (Wildman–Crippen MR) is 70.9 cm³/mol. The van der Waals surface area contributed by atoms with Crippen molar-refractivity contribution in [2.24, 2.45) is 5.92 Å². The lowest BCUT2D eigenvalue weighted by Gasteiger charge is -2.29. The van der Waals surface area contributed by atoms with Gasteiger partial charge in [-0.1, -0.05) is 13.0 Å². The van der Waals surface area contributed by atoms with E-state index in [0.717, 1.165) is 19.5 Å². The molecule has 1 aromatic rings. The Balaban J connectivity index is 1.94. The van der Waals surface area contributed by atoms with Crippen LogP contribution in [-0.4, -0.2) is 53.3 Å². The molecular formula is C14H20N2O3. The maximum absolute atomic E-state index is 11.2. The van der Waals surface area contributed by atoms with Crippen LogP contribution in [0.15, 0.2) is 24.5 Å². The molecule has 104 valence electrons. The lowest BCUT2D eigenvalue weighted by Crippen LogP contribution is -2.44. The molecule has 2 unspecified atom stereocenters. The Kier molecular flexibility index (Phi) is 4.87. The molecule has 0 aromatic carbocycles. The number of carboxylic acid groups (broad SMARTS) is 1. The zero-order valence-electron chi connectivity index (χ0n) is 11.2. The molecule has 0 aliphatic carbocycles. The van der Waals surface area contributed by atoms with Crippen LogP contribution in [0.25, 0.3) is 0 Å². The number of pyridine rings is 1. The SMILES string of the molecule is CCN(CCc1cccnc1)C1COCC1C(=O)O. The van der Waals surface area contributed by atoms with E-state index in [1.165, 1.54) is 5.56 Å². The zero-order valence-corrected chi connectivity index (χ0v) is 11.2. The molecule has 1 aromatic heterocycles. The third kappa shape index (κ3) is 3.52. The van der Waals surface area contributed by atoms with Crippen LogP contribution >= 0.6 is 0 Å². The van der Waals surface area contributed by atoms with Crippen molar-refractivity contribution >= 4 is 5.97 Å². The normalized spacial score (nSPS) is 22.8. The topological polar surface area (TPSA) is 62.7 Å². The van der Waals surface area contributed by atoms with Gasteiger partial charge in [-0.05, 0) is 24.6 Å². The molecule has 2 rings (SSSR count). The van der Waals surface area contributed by atoms with Crippen LogP contribution in [0.5, 0.6) is 0 Å². The van der Waals surface area contributed by atoms with Gasteiger partial charge in [-0.2, -0.15) is 0 Å². The van der Waals surface area contributed by atoms with Gasteiger partial charge in [0.1, 0.15) is 0 Å². The van der Waals surface area contributed by atoms with E-state index in [0.29, 0.717) is 13.2 Å². The lowest BCUT2D eigenvalue weighted by atomic mass is 10.0. The van der Waals surface area contributed by atoms with Crippen molar-refractivity contribution in [1.29, 1.82) is 0 Å². The molecule has 0 bridgehead atoms. The summed E-state index contributed by atoms with van der Waals surface area (Å²) in [5.74, 6) is -1.17. The van der Waals surface area contributed by atoms with Gasteiger partial charge >= 0.3 is 5.97 Å². The van der Waals surface area contributed by atoms with Gasteiger partial charge in [-0.25, -0.2) is 0 Å². The molecule has 5 nitrogen and oxygen atoms in total. The predicted octanol–water partition coefficient (Wildman–Crippen LogP) is 1.05. The highest BCUT2D eigenvalue weighted by molar-refractivity contribution is 5.71. The number of aromatic nitrogens is 1. The first kappa shape index (κ1) is 14.0. The summed E-state index contributed by atoms with van der Waals surface area (Å²) in [5.41, 5.74) is 1.17. The quantitative estimate of drug-likeness (QED) is 0.832. The summed E-state index contributed by atoms with van der Waals surface area (Å²) in [6.07, 6.45) is 4.49. The molecule has 5 heteroatoms. The van der Waals surface area contributed by atoms with Gasteiger partial charge in [0.25, 0.3) is 0 Å². The highest BCUT2D eigenvalue weighted by Gasteiger charge is 2.37. The highest BCUT2D eigenvalue weighted by atomic mass is 16.5. The van der Waals surface area contributed by atoms with Crippen molar-refractivity contribution in [3.05, 3.63) is 30.1 Å².